The third kappa shape index (κ3) is 4.45. The Bertz CT molecular complexity index is 1410. The Morgan fingerprint density at radius 3 is 2.77 bits per heavy atom. The molecule has 0 atom stereocenters. The lowest BCUT2D eigenvalue weighted by molar-refractivity contribution is -0.148. The number of carboxylic acid groups (broad SMARTS) is 1. The molecule has 5 rings (SSSR count). The van der Waals surface area contributed by atoms with E-state index >= 15 is 0 Å². The van der Waals surface area contributed by atoms with Gasteiger partial charge in [0.25, 0.3) is 0 Å². The fraction of sp³-hybridized carbons (Fsp3) is 0.292. The van der Waals surface area contributed by atoms with Crippen molar-refractivity contribution in [2.24, 2.45) is 13.0 Å². The molecule has 1 amide bonds. The number of likely N-dealkylation sites (tertiary alicyclic amines) is 1. The van der Waals surface area contributed by atoms with Crippen molar-refractivity contribution in [3.8, 4) is 11.3 Å². The maximum atomic E-state index is 12.6. The topological polar surface area (TPSA) is 141 Å². The van der Waals surface area contributed by atoms with Crippen molar-refractivity contribution in [3.63, 3.8) is 0 Å². The van der Waals surface area contributed by atoms with Gasteiger partial charge < -0.3 is 20.7 Å². The van der Waals surface area contributed by atoms with Gasteiger partial charge in [0.2, 0.25) is 11.9 Å². The number of anilines is 3. The number of hydrogen-bond acceptors (Lipinski definition) is 7. The van der Waals surface area contributed by atoms with Crippen LogP contribution in [-0.4, -0.2) is 66.2 Å². The van der Waals surface area contributed by atoms with E-state index in [1.807, 2.05) is 56.3 Å². The molecule has 4 N–H and O–H groups in total. The molecule has 0 spiro atoms. The zero-order valence-electron chi connectivity index (χ0n) is 19.7. The van der Waals surface area contributed by atoms with Crippen LogP contribution in [0.3, 0.4) is 0 Å². The fourth-order valence-electron chi connectivity index (χ4n) is 4.21. The Morgan fingerprint density at radius 1 is 1.26 bits per heavy atom. The van der Waals surface area contributed by atoms with Gasteiger partial charge in [-0.2, -0.15) is 5.10 Å². The number of benzene rings is 1. The number of hydrogen-bond donors (Lipinski definition) is 4. The molecule has 4 aromatic rings. The normalized spacial score (nSPS) is 14.1. The molecule has 0 saturated carbocycles. The van der Waals surface area contributed by atoms with E-state index in [9.17, 15) is 9.59 Å². The lowest BCUT2D eigenvalue weighted by Gasteiger charge is -2.35. The Morgan fingerprint density at radius 2 is 2.06 bits per heavy atom. The van der Waals surface area contributed by atoms with E-state index in [1.165, 1.54) is 0 Å². The van der Waals surface area contributed by atoms with E-state index in [-0.39, 0.29) is 12.5 Å². The molecule has 0 bridgehead atoms. The van der Waals surface area contributed by atoms with Crippen LogP contribution in [0.4, 0.5) is 17.5 Å². The van der Waals surface area contributed by atoms with Crippen LogP contribution < -0.4 is 10.6 Å². The van der Waals surface area contributed by atoms with E-state index in [0.29, 0.717) is 30.5 Å². The predicted molar refractivity (Wildman–Crippen MR) is 131 cm³/mol. The number of aromatic amines is 1. The number of rotatable bonds is 7. The second kappa shape index (κ2) is 8.84. The number of carbonyl (C=O) groups excluding carboxylic acids is 1. The molecule has 180 valence electrons. The number of fused-ring (bicyclic) bond motifs is 1. The maximum Gasteiger partial charge on any atom is 0.309 e. The molecule has 0 radical (unpaired) electrons. The summed E-state index contributed by atoms with van der Waals surface area (Å²) in [7, 11) is 1.88. The van der Waals surface area contributed by atoms with Crippen LogP contribution in [0.25, 0.3) is 22.2 Å². The molecule has 0 unspecified atom stereocenters. The Balaban J connectivity index is 1.37. The first-order valence-electron chi connectivity index (χ1n) is 11.3. The van der Waals surface area contributed by atoms with Crippen molar-refractivity contribution in [1.29, 1.82) is 0 Å². The number of amides is 1. The highest BCUT2D eigenvalue weighted by molar-refractivity contribution is 6.06. The van der Waals surface area contributed by atoms with Crippen LogP contribution in [0.1, 0.15) is 11.3 Å². The molecule has 0 aliphatic carbocycles. The predicted octanol–water partition coefficient (Wildman–Crippen LogP) is 2.67. The molecule has 1 fully saturated rings. The lowest BCUT2D eigenvalue weighted by Crippen LogP contribution is -2.52. The molecule has 1 aliphatic rings. The molecule has 3 aromatic heterocycles. The summed E-state index contributed by atoms with van der Waals surface area (Å²) in [6, 6.07) is 7.61. The number of H-pyrrole nitrogens is 1. The van der Waals surface area contributed by atoms with Crippen molar-refractivity contribution in [1.82, 2.24) is 29.6 Å². The van der Waals surface area contributed by atoms with Gasteiger partial charge in [0.05, 0.1) is 29.4 Å². The minimum absolute atomic E-state index is 0.154. The summed E-state index contributed by atoms with van der Waals surface area (Å²) in [6.07, 6.45) is 3.64. The Labute approximate surface area is 201 Å². The second-order valence-corrected chi connectivity index (χ2v) is 8.85. The second-order valence-electron chi connectivity index (χ2n) is 8.85. The van der Waals surface area contributed by atoms with Gasteiger partial charge in [-0.1, -0.05) is 12.1 Å². The van der Waals surface area contributed by atoms with Gasteiger partial charge >= 0.3 is 5.97 Å². The van der Waals surface area contributed by atoms with Crippen LogP contribution >= 0.6 is 0 Å². The van der Waals surface area contributed by atoms with Crippen molar-refractivity contribution in [2.75, 3.05) is 30.3 Å². The van der Waals surface area contributed by atoms with E-state index in [1.54, 1.807) is 10.9 Å². The monoisotopic (exact) mass is 474 g/mol. The molecule has 1 saturated heterocycles. The summed E-state index contributed by atoms with van der Waals surface area (Å²) in [6.45, 7) is 4.85. The number of carbonyl (C=O) groups is 2. The molecule has 11 nitrogen and oxygen atoms in total. The van der Waals surface area contributed by atoms with Crippen LogP contribution in [0.5, 0.6) is 0 Å². The number of aryl methyl sites for hydroxylation is 3. The van der Waals surface area contributed by atoms with Gasteiger partial charge in [-0.05, 0) is 25.5 Å². The summed E-state index contributed by atoms with van der Waals surface area (Å²) in [4.78, 5) is 37.7. The summed E-state index contributed by atoms with van der Waals surface area (Å²) in [5.41, 5.74) is 5.03. The van der Waals surface area contributed by atoms with Crippen LogP contribution in [-0.2, 0) is 16.6 Å². The average molecular weight is 475 g/mol. The number of nitrogens with one attached hydrogen (secondary N) is 3. The molecule has 1 aromatic carbocycles. The average Bonchev–Trinajstić information content (AvgIpc) is 3.35. The van der Waals surface area contributed by atoms with Crippen LogP contribution in [0.15, 0.2) is 36.7 Å². The number of nitrogens with zero attached hydrogens (tertiary/aromatic N) is 5. The van der Waals surface area contributed by atoms with Gasteiger partial charge in [0.1, 0.15) is 0 Å². The highest BCUT2D eigenvalue weighted by atomic mass is 16.4. The standard InChI is InChI=1S/C24H26N8O3/c1-13-8-26-24(28-19-7-14(2)31(3)30-19)29-21(13)17-9-25-22-16(17)5-4-6-18(22)27-20(33)12-32-10-15(11-32)23(34)35/h4-9,15,25H,10-12H2,1-3H3,(H,27,33)(H,34,35)(H,26,28,29,30). The number of aromatic nitrogens is 5. The summed E-state index contributed by atoms with van der Waals surface area (Å²) >= 11 is 0. The molecule has 11 heteroatoms. The number of para-hydroxylation sites is 1. The zero-order chi connectivity index (χ0) is 24.7. The molecular weight excluding hydrogens is 448 g/mol. The first-order valence-corrected chi connectivity index (χ1v) is 11.3. The first kappa shape index (κ1) is 22.5. The summed E-state index contributed by atoms with van der Waals surface area (Å²) in [5, 5.41) is 20.4. The first-order chi connectivity index (χ1) is 16.8. The zero-order valence-corrected chi connectivity index (χ0v) is 19.7. The lowest BCUT2D eigenvalue weighted by atomic mass is 10.0. The third-order valence-electron chi connectivity index (χ3n) is 6.24. The van der Waals surface area contributed by atoms with Crippen molar-refractivity contribution < 1.29 is 14.7 Å². The van der Waals surface area contributed by atoms with Gasteiger partial charge in [0.15, 0.2) is 5.82 Å². The molecular formula is C24H26N8O3. The molecule has 4 heterocycles. The summed E-state index contributed by atoms with van der Waals surface area (Å²) in [5.74, 6) is -0.293. The van der Waals surface area contributed by atoms with E-state index in [4.69, 9.17) is 10.1 Å². The largest absolute Gasteiger partial charge is 0.481 e. The highest BCUT2D eigenvalue weighted by Gasteiger charge is 2.33. The number of aliphatic carboxylic acids is 1. The third-order valence-corrected chi connectivity index (χ3v) is 6.24. The minimum Gasteiger partial charge on any atom is -0.481 e. The van der Waals surface area contributed by atoms with Gasteiger partial charge in [-0.15, -0.1) is 0 Å². The molecule has 1 aliphatic heterocycles. The van der Waals surface area contributed by atoms with Gasteiger partial charge in [-0.3, -0.25) is 19.2 Å². The van der Waals surface area contributed by atoms with E-state index in [0.717, 1.165) is 33.4 Å². The van der Waals surface area contributed by atoms with Crippen LogP contribution in [0, 0.1) is 19.8 Å². The van der Waals surface area contributed by atoms with Crippen molar-refractivity contribution >= 4 is 40.2 Å². The number of carboxylic acids is 1. The smallest absolute Gasteiger partial charge is 0.309 e. The Hall–Kier alpha value is -4.25. The maximum absolute atomic E-state index is 12.6. The molecule has 35 heavy (non-hydrogen) atoms. The highest BCUT2D eigenvalue weighted by Crippen LogP contribution is 2.33. The summed E-state index contributed by atoms with van der Waals surface area (Å²) < 4.78 is 1.78. The fourth-order valence-corrected chi connectivity index (χ4v) is 4.21. The van der Waals surface area contributed by atoms with Crippen molar-refractivity contribution in [3.05, 3.63) is 47.9 Å². The van der Waals surface area contributed by atoms with E-state index < -0.39 is 11.9 Å². The quantitative estimate of drug-likeness (QED) is 0.320. The SMILES string of the molecule is Cc1cnc(Nc2cc(C)n(C)n2)nc1-c1c[nH]c2c(NC(=O)CN3CC(C(=O)O)C3)cccc12. The van der Waals surface area contributed by atoms with Gasteiger partial charge in [-0.25, -0.2) is 9.97 Å². The Kier molecular flexibility index (Phi) is 5.69. The van der Waals surface area contributed by atoms with Gasteiger partial charge in [0, 0.05) is 55.2 Å². The van der Waals surface area contributed by atoms with Crippen LogP contribution in [0.2, 0.25) is 0 Å². The van der Waals surface area contributed by atoms with Crippen molar-refractivity contribution in [2.45, 2.75) is 13.8 Å². The van der Waals surface area contributed by atoms with E-state index in [2.05, 4.69) is 25.7 Å². The minimum atomic E-state index is -0.821.